The first-order chi connectivity index (χ1) is 26.7. The Labute approximate surface area is 316 Å². The van der Waals surface area contributed by atoms with Gasteiger partial charge in [0.2, 0.25) is 0 Å². The van der Waals surface area contributed by atoms with Crippen molar-refractivity contribution in [3.63, 3.8) is 0 Å². The van der Waals surface area contributed by atoms with Crippen molar-refractivity contribution in [2.45, 2.75) is 0 Å². The van der Waals surface area contributed by atoms with Crippen molar-refractivity contribution >= 4 is 64.2 Å². The predicted octanol–water partition coefficient (Wildman–Crippen LogP) is 13.8. The third-order valence-corrected chi connectivity index (χ3v) is 11.7. The zero-order valence-electron chi connectivity index (χ0n) is 29.1. The molecule has 0 aliphatic carbocycles. The highest BCUT2D eigenvalue weighted by atomic mass is 32.1. The maximum Gasteiger partial charge on any atom is 0.160 e. The van der Waals surface area contributed by atoms with Crippen LogP contribution in [-0.2, 0) is 0 Å². The molecule has 0 atom stereocenters. The minimum Gasteiger partial charge on any atom is -0.309 e. The number of hydrogen-bond donors (Lipinski definition) is 0. The van der Waals surface area contributed by atoms with Gasteiger partial charge in [-0.1, -0.05) is 127 Å². The molecule has 0 amide bonds. The number of thiophene rings is 1. The lowest BCUT2D eigenvalue weighted by Crippen LogP contribution is -1.95. The van der Waals surface area contributed by atoms with Crippen LogP contribution in [0.25, 0.3) is 103 Å². The molecule has 54 heavy (non-hydrogen) atoms. The van der Waals surface area contributed by atoms with Crippen molar-refractivity contribution in [2.24, 2.45) is 0 Å². The quantitative estimate of drug-likeness (QED) is 0.178. The van der Waals surface area contributed by atoms with Crippen LogP contribution in [0, 0.1) is 0 Å². The van der Waals surface area contributed by atoms with E-state index >= 15 is 0 Å². The summed E-state index contributed by atoms with van der Waals surface area (Å²) in [4.78, 5) is 10.2. The molecule has 8 aromatic carbocycles. The molecule has 0 fully saturated rings. The van der Waals surface area contributed by atoms with Crippen molar-refractivity contribution in [1.82, 2.24) is 14.5 Å². The Morgan fingerprint density at radius 3 is 1.59 bits per heavy atom. The van der Waals surface area contributed by atoms with E-state index in [4.69, 9.17) is 9.97 Å². The number of benzene rings is 8. The fourth-order valence-corrected chi connectivity index (χ4v) is 9.13. The second-order valence-corrected chi connectivity index (χ2v) is 14.9. The molecule has 0 bridgehead atoms. The van der Waals surface area contributed by atoms with Crippen LogP contribution >= 0.6 is 11.3 Å². The van der Waals surface area contributed by atoms with Gasteiger partial charge in [-0.05, 0) is 82.9 Å². The molecule has 3 nitrogen and oxygen atoms in total. The summed E-state index contributed by atoms with van der Waals surface area (Å²) in [6.07, 6.45) is 0. The molecular weight excluding hydrogens is 675 g/mol. The summed E-state index contributed by atoms with van der Waals surface area (Å²) in [6.45, 7) is 0. The van der Waals surface area contributed by atoms with E-state index in [-0.39, 0.29) is 0 Å². The summed E-state index contributed by atoms with van der Waals surface area (Å²) in [7, 11) is 0. The lowest BCUT2D eigenvalue weighted by Gasteiger charge is -2.12. The number of hydrogen-bond acceptors (Lipinski definition) is 3. The van der Waals surface area contributed by atoms with Gasteiger partial charge in [-0.2, -0.15) is 0 Å². The van der Waals surface area contributed by atoms with Crippen molar-refractivity contribution in [3.8, 4) is 50.6 Å². The summed E-state index contributed by atoms with van der Waals surface area (Å²) >= 11 is 1.86. The second kappa shape index (κ2) is 12.4. The molecule has 11 aromatic rings. The third kappa shape index (κ3) is 5.03. The average Bonchev–Trinajstić information content (AvgIpc) is 3.78. The Morgan fingerprint density at radius 2 is 0.889 bits per heavy atom. The monoisotopic (exact) mass is 705 g/mol. The normalized spacial score (nSPS) is 11.7. The van der Waals surface area contributed by atoms with Crippen LogP contribution in [-0.4, -0.2) is 14.5 Å². The van der Waals surface area contributed by atoms with Crippen molar-refractivity contribution in [2.75, 3.05) is 0 Å². The summed E-state index contributed by atoms with van der Waals surface area (Å²) < 4.78 is 5.03. The molecule has 0 unspecified atom stereocenters. The number of fused-ring (bicyclic) bond motifs is 7. The number of aromatic nitrogens is 3. The molecule has 0 spiro atoms. The Morgan fingerprint density at radius 1 is 0.352 bits per heavy atom. The van der Waals surface area contributed by atoms with Crippen LogP contribution in [0.3, 0.4) is 0 Å². The van der Waals surface area contributed by atoms with E-state index in [1.807, 2.05) is 35.6 Å². The molecule has 0 radical (unpaired) electrons. The first kappa shape index (κ1) is 30.7. The number of nitrogens with zero attached hydrogens (tertiary/aromatic N) is 3. The lowest BCUT2D eigenvalue weighted by molar-refractivity contribution is 1.18. The van der Waals surface area contributed by atoms with E-state index in [1.165, 1.54) is 53.1 Å². The largest absolute Gasteiger partial charge is 0.309 e. The summed E-state index contributed by atoms with van der Waals surface area (Å²) in [5, 5.41) is 6.12. The van der Waals surface area contributed by atoms with Crippen molar-refractivity contribution < 1.29 is 0 Å². The smallest absolute Gasteiger partial charge is 0.160 e. The molecule has 11 rings (SSSR count). The number of rotatable bonds is 5. The zero-order valence-corrected chi connectivity index (χ0v) is 30.0. The standard InChI is InChI=1S/C50H31N3S/c1-4-12-32(13-5-1)49-43-30-34(21-25-44(43)51-50(52-49)33-14-6-2-7-15-33)35-22-26-45-41(28-35)42-29-36(23-27-46(42)53(45)38-16-8-3-9-17-38)37-20-24-40-39-18-10-11-19-47(39)54-48(40)31-37/h1-31H. The molecule has 0 aliphatic rings. The van der Waals surface area contributed by atoms with Crippen LogP contribution < -0.4 is 0 Å². The first-order valence-corrected chi connectivity index (χ1v) is 19.1. The van der Waals surface area contributed by atoms with E-state index in [9.17, 15) is 0 Å². The summed E-state index contributed by atoms with van der Waals surface area (Å²) in [5.74, 6) is 0.729. The van der Waals surface area contributed by atoms with Crippen molar-refractivity contribution in [3.05, 3.63) is 188 Å². The van der Waals surface area contributed by atoms with Crippen LogP contribution in [0.15, 0.2) is 188 Å². The highest BCUT2D eigenvalue weighted by molar-refractivity contribution is 7.25. The minimum atomic E-state index is 0.729. The molecular formula is C50H31N3S. The second-order valence-electron chi connectivity index (χ2n) is 13.8. The summed E-state index contributed by atoms with van der Waals surface area (Å²) in [5.41, 5.74) is 12.2. The minimum absolute atomic E-state index is 0.729. The van der Waals surface area contributed by atoms with E-state index < -0.39 is 0 Å². The Bertz CT molecular complexity index is 3200. The van der Waals surface area contributed by atoms with Gasteiger partial charge in [-0.25, -0.2) is 9.97 Å². The number of para-hydroxylation sites is 1. The third-order valence-electron chi connectivity index (χ3n) is 10.6. The van der Waals surface area contributed by atoms with Gasteiger partial charge in [0.15, 0.2) is 5.82 Å². The zero-order chi connectivity index (χ0) is 35.6. The van der Waals surface area contributed by atoms with Gasteiger partial charge >= 0.3 is 0 Å². The van der Waals surface area contributed by atoms with Gasteiger partial charge in [0.1, 0.15) is 0 Å². The molecule has 0 saturated heterocycles. The Balaban J connectivity index is 1.10. The molecule has 4 heteroatoms. The van der Waals surface area contributed by atoms with Gasteiger partial charge in [0, 0.05) is 53.1 Å². The SMILES string of the molecule is c1ccc(-c2nc(-c3ccccc3)c3cc(-c4ccc5c(c4)c4cc(-c6ccc7c(c6)sc6ccccc67)ccc4n5-c4ccccc4)ccc3n2)cc1. The predicted molar refractivity (Wildman–Crippen MR) is 229 cm³/mol. The van der Waals surface area contributed by atoms with E-state index in [2.05, 4.69) is 168 Å². The van der Waals surface area contributed by atoms with Crippen LogP contribution in [0.2, 0.25) is 0 Å². The molecule has 252 valence electrons. The van der Waals surface area contributed by atoms with Crippen LogP contribution in [0.1, 0.15) is 0 Å². The van der Waals surface area contributed by atoms with Crippen LogP contribution in [0.5, 0.6) is 0 Å². The Kier molecular flexibility index (Phi) is 7.04. The van der Waals surface area contributed by atoms with Crippen molar-refractivity contribution in [1.29, 1.82) is 0 Å². The highest BCUT2D eigenvalue weighted by Crippen LogP contribution is 2.40. The fourth-order valence-electron chi connectivity index (χ4n) is 7.98. The van der Waals surface area contributed by atoms with Gasteiger partial charge in [0.25, 0.3) is 0 Å². The van der Waals surface area contributed by atoms with E-state index in [0.717, 1.165) is 50.4 Å². The molecule has 0 aliphatic heterocycles. The maximum atomic E-state index is 5.16. The van der Waals surface area contributed by atoms with Gasteiger partial charge in [-0.15, -0.1) is 11.3 Å². The lowest BCUT2D eigenvalue weighted by atomic mass is 9.98. The molecule has 0 saturated carbocycles. The van der Waals surface area contributed by atoms with E-state index in [1.54, 1.807) is 0 Å². The summed E-state index contributed by atoms with van der Waals surface area (Å²) in [6, 6.07) is 67.4. The average molecular weight is 706 g/mol. The highest BCUT2D eigenvalue weighted by Gasteiger charge is 2.17. The van der Waals surface area contributed by atoms with Crippen LogP contribution in [0.4, 0.5) is 0 Å². The maximum absolute atomic E-state index is 5.16. The van der Waals surface area contributed by atoms with Gasteiger partial charge in [0.05, 0.1) is 22.2 Å². The molecule has 3 heterocycles. The van der Waals surface area contributed by atoms with E-state index in [0.29, 0.717) is 0 Å². The van der Waals surface area contributed by atoms with Gasteiger partial charge < -0.3 is 4.57 Å². The van der Waals surface area contributed by atoms with Gasteiger partial charge in [-0.3, -0.25) is 0 Å². The molecule has 0 N–H and O–H groups in total. The fraction of sp³-hybridized carbons (Fsp3) is 0. The topological polar surface area (TPSA) is 30.7 Å². The first-order valence-electron chi connectivity index (χ1n) is 18.2. The Hall–Kier alpha value is -6.88. The molecule has 3 aromatic heterocycles.